The molecule has 1 aliphatic rings. The minimum atomic E-state index is 0.541. The molecule has 0 radical (unpaired) electrons. The molecular formula is C20H17BrN2. The lowest BCUT2D eigenvalue weighted by molar-refractivity contribution is 0.688. The van der Waals surface area contributed by atoms with Gasteiger partial charge in [-0.05, 0) is 42.7 Å². The molecule has 0 bridgehead atoms. The van der Waals surface area contributed by atoms with Gasteiger partial charge in [-0.15, -0.1) is 0 Å². The molecule has 2 aromatic carbocycles. The molecule has 1 atom stereocenters. The molecule has 1 heterocycles. The maximum absolute atomic E-state index is 4.92. The molecule has 0 saturated heterocycles. The van der Waals surface area contributed by atoms with Gasteiger partial charge in [-0.1, -0.05) is 59.3 Å². The van der Waals surface area contributed by atoms with Gasteiger partial charge in [0.25, 0.3) is 0 Å². The molecule has 1 unspecified atom stereocenters. The van der Waals surface area contributed by atoms with Crippen molar-refractivity contribution in [3.8, 4) is 17.1 Å². The van der Waals surface area contributed by atoms with E-state index in [0.29, 0.717) is 5.92 Å². The highest BCUT2D eigenvalue weighted by molar-refractivity contribution is 9.10. The normalized spacial score (nSPS) is 16.3. The molecule has 0 N–H and O–H groups in total. The van der Waals surface area contributed by atoms with Crippen molar-refractivity contribution in [3.05, 3.63) is 76.5 Å². The highest BCUT2D eigenvalue weighted by atomic mass is 79.9. The minimum Gasteiger partial charge on any atom is -0.296 e. The number of rotatable bonds is 2. The molecule has 0 amide bonds. The maximum Gasteiger partial charge on any atom is 0.145 e. The molecule has 3 aromatic rings. The Morgan fingerprint density at radius 1 is 1.04 bits per heavy atom. The molecule has 23 heavy (non-hydrogen) atoms. The van der Waals surface area contributed by atoms with E-state index in [1.807, 2.05) is 0 Å². The fourth-order valence-electron chi connectivity index (χ4n) is 3.08. The van der Waals surface area contributed by atoms with Crippen LogP contribution in [0.5, 0.6) is 0 Å². The van der Waals surface area contributed by atoms with Crippen LogP contribution >= 0.6 is 15.9 Å². The summed E-state index contributed by atoms with van der Waals surface area (Å²) in [6.07, 6.45) is 5.42. The van der Waals surface area contributed by atoms with E-state index in [4.69, 9.17) is 4.98 Å². The molecular weight excluding hydrogens is 348 g/mol. The van der Waals surface area contributed by atoms with Gasteiger partial charge in [-0.3, -0.25) is 4.57 Å². The lowest BCUT2D eigenvalue weighted by Gasteiger charge is -2.16. The first-order chi connectivity index (χ1) is 11.2. The van der Waals surface area contributed by atoms with E-state index in [0.717, 1.165) is 28.0 Å². The van der Waals surface area contributed by atoms with E-state index in [2.05, 4.69) is 94.2 Å². The second-order valence-corrected chi connectivity index (χ2v) is 6.90. The maximum atomic E-state index is 4.92. The molecule has 4 rings (SSSR count). The zero-order valence-electron chi connectivity index (χ0n) is 12.9. The summed E-state index contributed by atoms with van der Waals surface area (Å²) in [6.45, 7) is 2.25. The molecule has 0 saturated carbocycles. The first kappa shape index (κ1) is 14.5. The SMILES string of the molecule is CC1C=Cc2nc(-c3ccc(Br)cc3)n(-c3ccccc3)c2C1. The van der Waals surface area contributed by atoms with E-state index in [1.165, 1.54) is 11.4 Å². The molecule has 1 aromatic heterocycles. The fraction of sp³-hybridized carbons (Fsp3) is 0.150. The highest BCUT2D eigenvalue weighted by Gasteiger charge is 2.21. The molecule has 3 heteroatoms. The molecule has 2 nitrogen and oxygen atoms in total. The molecule has 0 spiro atoms. The van der Waals surface area contributed by atoms with Crippen molar-refractivity contribution in [2.45, 2.75) is 13.3 Å². The van der Waals surface area contributed by atoms with Crippen LogP contribution in [-0.4, -0.2) is 9.55 Å². The largest absolute Gasteiger partial charge is 0.296 e. The number of benzene rings is 2. The summed E-state index contributed by atoms with van der Waals surface area (Å²) in [5, 5.41) is 0. The predicted molar refractivity (Wildman–Crippen MR) is 98.6 cm³/mol. The highest BCUT2D eigenvalue weighted by Crippen LogP contribution is 2.32. The van der Waals surface area contributed by atoms with Crippen molar-refractivity contribution in [2.24, 2.45) is 5.92 Å². The van der Waals surface area contributed by atoms with Crippen LogP contribution in [0.25, 0.3) is 23.2 Å². The lowest BCUT2D eigenvalue weighted by Crippen LogP contribution is -2.09. The molecule has 0 aliphatic heterocycles. The Balaban J connectivity index is 1.96. The monoisotopic (exact) mass is 364 g/mol. The van der Waals surface area contributed by atoms with Crippen molar-refractivity contribution in [2.75, 3.05) is 0 Å². The zero-order valence-corrected chi connectivity index (χ0v) is 14.5. The Labute approximate surface area is 144 Å². The van der Waals surface area contributed by atoms with Gasteiger partial charge in [0.1, 0.15) is 5.82 Å². The number of hydrogen-bond acceptors (Lipinski definition) is 1. The van der Waals surface area contributed by atoms with Crippen molar-refractivity contribution < 1.29 is 0 Å². The fourth-order valence-corrected chi connectivity index (χ4v) is 3.34. The number of aromatic nitrogens is 2. The number of fused-ring (bicyclic) bond motifs is 1. The summed E-state index contributed by atoms with van der Waals surface area (Å²) in [6, 6.07) is 18.9. The van der Waals surface area contributed by atoms with Crippen molar-refractivity contribution >= 4 is 22.0 Å². The quantitative estimate of drug-likeness (QED) is 0.586. The van der Waals surface area contributed by atoms with E-state index < -0.39 is 0 Å². The molecule has 1 aliphatic carbocycles. The minimum absolute atomic E-state index is 0.541. The van der Waals surface area contributed by atoms with Crippen LogP contribution in [0.2, 0.25) is 0 Å². The summed E-state index contributed by atoms with van der Waals surface area (Å²) in [5.74, 6) is 1.55. The first-order valence-electron chi connectivity index (χ1n) is 7.83. The van der Waals surface area contributed by atoms with Gasteiger partial charge < -0.3 is 0 Å². The number of imidazole rings is 1. The third-order valence-electron chi connectivity index (χ3n) is 4.22. The number of halogens is 1. The van der Waals surface area contributed by atoms with Crippen LogP contribution in [0, 0.1) is 5.92 Å². The Hall–Kier alpha value is -2.13. The lowest BCUT2D eigenvalue weighted by atomic mass is 9.98. The number of nitrogens with zero attached hydrogens (tertiary/aromatic N) is 2. The van der Waals surface area contributed by atoms with Gasteiger partial charge in [-0.25, -0.2) is 4.98 Å². The predicted octanol–water partition coefficient (Wildman–Crippen LogP) is 5.51. The summed E-state index contributed by atoms with van der Waals surface area (Å²) < 4.78 is 3.39. The first-order valence-corrected chi connectivity index (χ1v) is 8.63. The van der Waals surface area contributed by atoms with Crippen molar-refractivity contribution in [3.63, 3.8) is 0 Å². The van der Waals surface area contributed by atoms with E-state index in [9.17, 15) is 0 Å². The Morgan fingerprint density at radius 3 is 2.52 bits per heavy atom. The van der Waals surface area contributed by atoms with Crippen LogP contribution in [0.15, 0.2) is 65.1 Å². The smallest absolute Gasteiger partial charge is 0.145 e. The van der Waals surface area contributed by atoms with Gasteiger partial charge in [0.2, 0.25) is 0 Å². The van der Waals surface area contributed by atoms with E-state index in [-0.39, 0.29) is 0 Å². The Morgan fingerprint density at radius 2 is 1.78 bits per heavy atom. The second kappa shape index (κ2) is 5.82. The van der Waals surface area contributed by atoms with Gasteiger partial charge >= 0.3 is 0 Å². The summed E-state index contributed by atoms with van der Waals surface area (Å²) in [5.41, 5.74) is 4.68. The van der Waals surface area contributed by atoms with Crippen molar-refractivity contribution in [1.29, 1.82) is 0 Å². The standard InChI is InChI=1S/C20H17BrN2/c1-14-7-12-18-19(13-14)23(17-5-3-2-4-6-17)20(22-18)15-8-10-16(21)11-9-15/h2-12,14H,13H2,1H3. The van der Waals surface area contributed by atoms with Crippen LogP contribution in [-0.2, 0) is 6.42 Å². The van der Waals surface area contributed by atoms with Crippen LogP contribution < -0.4 is 0 Å². The number of para-hydroxylation sites is 1. The topological polar surface area (TPSA) is 17.8 Å². The zero-order chi connectivity index (χ0) is 15.8. The van der Waals surface area contributed by atoms with Crippen molar-refractivity contribution in [1.82, 2.24) is 9.55 Å². The third-order valence-corrected chi connectivity index (χ3v) is 4.75. The van der Waals surface area contributed by atoms with Gasteiger partial charge in [0.15, 0.2) is 0 Å². The molecule has 114 valence electrons. The average Bonchev–Trinajstić information content (AvgIpc) is 2.95. The van der Waals surface area contributed by atoms with Gasteiger partial charge in [0, 0.05) is 15.7 Å². The summed E-state index contributed by atoms with van der Waals surface area (Å²) >= 11 is 3.51. The third kappa shape index (κ3) is 2.66. The van der Waals surface area contributed by atoms with E-state index in [1.54, 1.807) is 0 Å². The number of hydrogen-bond donors (Lipinski definition) is 0. The Bertz CT molecular complexity index is 861. The summed E-state index contributed by atoms with van der Waals surface area (Å²) in [7, 11) is 0. The van der Waals surface area contributed by atoms with Gasteiger partial charge in [-0.2, -0.15) is 0 Å². The summed E-state index contributed by atoms with van der Waals surface area (Å²) in [4.78, 5) is 4.92. The van der Waals surface area contributed by atoms with Gasteiger partial charge in [0.05, 0.1) is 11.4 Å². The second-order valence-electron chi connectivity index (χ2n) is 5.99. The van der Waals surface area contributed by atoms with Crippen LogP contribution in [0.4, 0.5) is 0 Å². The van der Waals surface area contributed by atoms with E-state index >= 15 is 0 Å². The average molecular weight is 365 g/mol. The number of allylic oxidation sites excluding steroid dienone is 1. The Kier molecular flexibility index (Phi) is 3.66. The van der Waals surface area contributed by atoms with Crippen LogP contribution in [0.3, 0.4) is 0 Å². The molecule has 0 fully saturated rings. The van der Waals surface area contributed by atoms with Crippen LogP contribution in [0.1, 0.15) is 18.3 Å².